The molecule has 0 aliphatic carbocycles. The van der Waals surface area contributed by atoms with Crippen molar-refractivity contribution in [1.82, 2.24) is 29.9 Å². The second kappa shape index (κ2) is 4.72. The molecular formula is C12H13N7O. The summed E-state index contributed by atoms with van der Waals surface area (Å²) in [5, 5.41) is 8.08. The molecule has 0 bridgehead atoms. The van der Waals surface area contributed by atoms with Crippen LogP contribution >= 0.6 is 0 Å². The molecule has 0 saturated carbocycles. The van der Waals surface area contributed by atoms with Gasteiger partial charge in [0.2, 0.25) is 5.95 Å². The number of hydrogen-bond acceptors (Lipinski definition) is 7. The summed E-state index contributed by atoms with van der Waals surface area (Å²) in [6.07, 6.45) is -0.0582. The van der Waals surface area contributed by atoms with Gasteiger partial charge in [-0.05, 0) is 26.0 Å². The summed E-state index contributed by atoms with van der Waals surface area (Å²) in [7, 11) is 0. The van der Waals surface area contributed by atoms with Gasteiger partial charge in [-0.25, -0.2) is 0 Å². The maximum Gasteiger partial charge on any atom is 0.323 e. The molecule has 3 rings (SSSR count). The third kappa shape index (κ3) is 2.22. The summed E-state index contributed by atoms with van der Waals surface area (Å²) >= 11 is 0. The van der Waals surface area contributed by atoms with E-state index in [0.717, 1.165) is 11.0 Å². The van der Waals surface area contributed by atoms with Crippen LogP contribution in [0.5, 0.6) is 6.01 Å². The molecular weight excluding hydrogens is 258 g/mol. The molecule has 0 fully saturated rings. The van der Waals surface area contributed by atoms with Crippen molar-refractivity contribution in [1.29, 1.82) is 0 Å². The third-order valence-electron chi connectivity index (χ3n) is 2.50. The van der Waals surface area contributed by atoms with Crippen LogP contribution in [0, 0.1) is 0 Å². The fourth-order valence-corrected chi connectivity index (χ4v) is 1.74. The van der Waals surface area contributed by atoms with E-state index in [2.05, 4.69) is 25.3 Å². The molecule has 0 aliphatic rings. The molecule has 0 unspecified atom stereocenters. The minimum Gasteiger partial charge on any atom is -0.461 e. The zero-order chi connectivity index (χ0) is 14.1. The number of benzene rings is 1. The molecule has 2 N–H and O–H groups in total. The number of anilines is 1. The lowest BCUT2D eigenvalue weighted by Crippen LogP contribution is -2.13. The molecule has 1 aromatic carbocycles. The Kier molecular flexibility index (Phi) is 2.90. The van der Waals surface area contributed by atoms with Gasteiger partial charge in [-0.3, -0.25) is 0 Å². The van der Waals surface area contributed by atoms with Crippen molar-refractivity contribution in [2.24, 2.45) is 0 Å². The van der Waals surface area contributed by atoms with Gasteiger partial charge in [-0.1, -0.05) is 17.3 Å². The number of aromatic nitrogens is 6. The largest absolute Gasteiger partial charge is 0.461 e. The molecule has 0 saturated heterocycles. The average molecular weight is 271 g/mol. The third-order valence-corrected chi connectivity index (χ3v) is 2.50. The Morgan fingerprint density at radius 1 is 1.15 bits per heavy atom. The van der Waals surface area contributed by atoms with E-state index in [0.29, 0.717) is 0 Å². The van der Waals surface area contributed by atoms with Crippen molar-refractivity contribution in [3.63, 3.8) is 0 Å². The molecule has 102 valence electrons. The van der Waals surface area contributed by atoms with E-state index in [1.54, 1.807) is 0 Å². The van der Waals surface area contributed by atoms with Crippen LogP contribution in [-0.4, -0.2) is 36.0 Å². The average Bonchev–Trinajstić information content (AvgIpc) is 2.80. The number of fused-ring (bicyclic) bond motifs is 1. The summed E-state index contributed by atoms with van der Waals surface area (Å²) in [5.41, 5.74) is 7.22. The summed E-state index contributed by atoms with van der Waals surface area (Å²) in [4.78, 5) is 12.2. The number of nitrogens with two attached hydrogens (primary N) is 1. The van der Waals surface area contributed by atoms with E-state index < -0.39 is 0 Å². The Balaban J connectivity index is 2.11. The SMILES string of the molecule is CC(C)Oc1nc(N)nc(-n2nnc3ccccc32)n1. The Morgan fingerprint density at radius 3 is 2.75 bits per heavy atom. The van der Waals surface area contributed by atoms with E-state index in [-0.39, 0.29) is 24.0 Å². The van der Waals surface area contributed by atoms with E-state index in [9.17, 15) is 0 Å². The lowest BCUT2D eigenvalue weighted by molar-refractivity contribution is 0.221. The normalized spacial score (nSPS) is 11.2. The van der Waals surface area contributed by atoms with Gasteiger partial charge < -0.3 is 10.5 Å². The number of rotatable bonds is 3. The van der Waals surface area contributed by atoms with Gasteiger partial charge in [0.15, 0.2) is 0 Å². The minimum atomic E-state index is -0.0582. The van der Waals surface area contributed by atoms with Crippen molar-refractivity contribution >= 4 is 17.0 Å². The Bertz CT molecular complexity index is 752. The van der Waals surface area contributed by atoms with Crippen LogP contribution < -0.4 is 10.5 Å². The molecule has 8 heteroatoms. The molecule has 0 radical (unpaired) electrons. The standard InChI is InChI=1S/C12H13N7O/c1-7(2)20-12-15-10(13)14-11(16-12)19-9-6-4-3-5-8(9)17-18-19/h3-7H,1-2H3,(H2,13,14,15,16). The molecule has 8 nitrogen and oxygen atoms in total. The molecule has 0 amide bonds. The van der Waals surface area contributed by atoms with Gasteiger partial charge in [0.05, 0.1) is 11.6 Å². The molecule has 3 aromatic rings. The first-order chi connectivity index (χ1) is 9.63. The van der Waals surface area contributed by atoms with Crippen LogP contribution in [0.1, 0.15) is 13.8 Å². The number of ether oxygens (including phenoxy) is 1. The Labute approximate surface area is 114 Å². The topological polar surface area (TPSA) is 105 Å². The van der Waals surface area contributed by atoms with Crippen molar-refractivity contribution < 1.29 is 4.74 Å². The number of nitrogen functional groups attached to an aromatic ring is 1. The van der Waals surface area contributed by atoms with Crippen molar-refractivity contribution in [2.75, 3.05) is 5.73 Å². The predicted octanol–water partition coefficient (Wildman–Crippen LogP) is 0.975. The van der Waals surface area contributed by atoms with Crippen molar-refractivity contribution in [2.45, 2.75) is 20.0 Å². The van der Waals surface area contributed by atoms with Crippen LogP contribution in [0.2, 0.25) is 0 Å². The van der Waals surface area contributed by atoms with Crippen LogP contribution in [-0.2, 0) is 0 Å². The van der Waals surface area contributed by atoms with E-state index in [1.807, 2.05) is 38.1 Å². The zero-order valence-corrected chi connectivity index (χ0v) is 11.1. The lowest BCUT2D eigenvalue weighted by atomic mass is 10.3. The minimum absolute atomic E-state index is 0.0582. The highest BCUT2D eigenvalue weighted by Gasteiger charge is 2.12. The van der Waals surface area contributed by atoms with Gasteiger partial charge in [0.1, 0.15) is 5.52 Å². The monoisotopic (exact) mass is 271 g/mol. The summed E-state index contributed by atoms with van der Waals surface area (Å²) in [5.74, 6) is 0.354. The van der Waals surface area contributed by atoms with Gasteiger partial charge in [-0.15, -0.1) is 5.10 Å². The molecule has 20 heavy (non-hydrogen) atoms. The molecule has 2 heterocycles. The summed E-state index contributed by atoms with van der Waals surface area (Å²) in [6, 6.07) is 7.67. The molecule has 0 aliphatic heterocycles. The van der Waals surface area contributed by atoms with Crippen LogP contribution in [0.3, 0.4) is 0 Å². The summed E-state index contributed by atoms with van der Waals surface area (Å²) < 4.78 is 6.94. The fourth-order valence-electron chi connectivity index (χ4n) is 1.74. The highest BCUT2D eigenvalue weighted by atomic mass is 16.5. The second-order valence-corrected chi connectivity index (χ2v) is 4.43. The highest BCUT2D eigenvalue weighted by molar-refractivity contribution is 5.75. The predicted molar refractivity (Wildman–Crippen MR) is 72.4 cm³/mol. The first kappa shape index (κ1) is 12.3. The first-order valence-electron chi connectivity index (χ1n) is 6.12. The van der Waals surface area contributed by atoms with E-state index in [4.69, 9.17) is 10.5 Å². The quantitative estimate of drug-likeness (QED) is 0.756. The lowest BCUT2D eigenvalue weighted by Gasteiger charge is -2.08. The molecule has 0 spiro atoms. The molecule has 0 atom stereocenters. The van der Waals surface area contributed by atoms with Crippen LogP contribution in [0.15, 0.2) is 24.3 Å². The van der Waals surface area contributed by atoms with Gasteiger partial charge >= 0.3 is 6.01 Å². The Hall–Kier alpha value is -2.77. The smallest absolute Gasteiger partial charge is 0.323 e. The second-order valence-electron chi connectivity index (χ2n) is 4.43. The molecule has 2 aromatic heterocycles. The van der Waals surface area contributed by atoms with Crippen molar-refractivity contribution in [3.8, 4) is 12.0 Å². The van der Waals surface area contributed by atoms with Gasteiger partial charge in [-0.2, -0.15) is 19.6 Å². The van der Waals surface area contributed by atoms with Crippen molar-refractivity contribution in [3.05, 3.63) is 24.3 Å². The number of nitrogens with zero attached hydrogens (tertiary/aromatic N) is 6. The van der Waals surface area contributed by atoms with Crippen LogP contribution in [0.25, 0.3) is 17.0 Å². The zero-order valence-electron chi connectivity index (χ0n) is 11.1. The first-order valence-corrected chi connectivity index (χ1v) is 6.12. The fraction of sp³-hybridized carbons (Fsp3) is 0.250. The summed E-state index contributed by atoms with van der Waals surface area (Å²) in [6.45, 7) is 3.76. The maximum atomic E-state index is 5.68. The highest BCUT2D eigenvalue weighted by Crippen LogP contribution is 2.15. The van der Waals surface area contributed by atoms with E-state index >= 15 is 0 Å². The number of hydrogen-bond donors (Lipinski definition) is 1. The van der Waals surface area contributed by atoms with Crippen LogP contribution in [0.4, 0.5) is 5.95 Å². The maximum absolute atomic E-state index is 5.68. The van der Waals surface area contributed by atoms with Gasteiger partial charge in [0.25, 0.3) is 5.95 Å². The van der Waals surface area contributed by atoms with E-state index in [1.165, 1.54) is 4.68 Å². The van der Waals surface area contributed by atoms with Gasteiger partial charge in [0, 0.05) is 0 Å². The number of para-hydroxylation sites is 1. The Morgan fingerprint density at radius 2 is 1.95 bits per heavy atom.